The molecule has 0 bridgehead atoms. The van der Waals surface area contributed by atoms with Crippen LogP contribution in [-0.4, -0.2) is 173 Å². The maximum absolute atomic E-state index is 14.2. The van der Waals surface area contributed by atoms with Gasteiger partial charge in [-0.3, -0.25) is 24.0 Å². The number of carbonyl (C=O) groups excluding carboxylic acids is 11. The Balaban J connectivity index is 0.000000805. The monoisotopic (exact) mass is 1540 g/mol. The maximum atomic E-state index is 14.2. The summed E-state index contributed by atoms with van der Waals surface area (Å²) in [5.41, 5.74) is 8.97. The van der Waals surface area contributed by atoms with E-state index in [2.05, 4.69) is 46.9 Å². The molecule has 27 nitrogen and oxygen atoms in total. The van der Waals surface area contributed by atoms with Gasteiger partial charge in [0.2, 0.25) is 5.91 Å². The van der Waals surface area contributed by atoms with Crippen molar-refractivity contribution in [3.63, 3.8) is 0 Å². The summed E-state index contributed by atoms with van der Waals surface area (Å²) in [4.78, 5) is 131. The van der Waals surface area contributed by atoms with E-state index in [4.69, 9.17) is 33.2 Å². The first-order valence-electron chi connectivity index (χ1n) is 35.2. The van der Waals surface area contributed by atoms with Crippen molar-refractivity contribution in [3.05, 3.63) is 131 Å². The number of halogens is 2. The fourth-order valence-corrected chi connectivity index (χ4v) is 10.1. The summed E-state index contributed by atoms with van der Waals surface area (Å²) in [5, 5.41) is 10.1. The van der Waals surface area contributed by atoms with E-state index in [0.717, 1.165) is 46.9 Å². The minimum absolute atomic E-state index is 0. The summed E-state index contributed by atoms with van der Waals surface area (Å²) in [6, 6.07) is 30.6. The molecule has 4 aromatic rings. The summed E-state index contributed by atoms with van der Waals surface area (Å²) >= 11 is 0. The molecule has 3 saturated heterocycles. The van der Waals surface area contributed by atoms with Crippen LogP contribution in [0.4, 0.5) is 14.4 Å². The predicted molar refractivity (Wildman–Crippen MR) is 389 cm³/mol. The molecule has 3 heterocycles. The van der Waals surface area contributed by atoms with Gasteiger partial charge in [-0.05, 0) is 127 Å². The zero-order chi connectivity index (χ0) is 78.7. The number of quaternary nitrogens is 2. The molecule has 3 unspecified atom stereocenters. The molecule has 0 radical (unpaired) electrons. The summed E-state index contributed by atoms with van der Waals surface area (Å²) in [6.45, 7) is 30.4. The largest absolute Gasteiger partial charge is 1.00 e. The second-order valence-corrected chi connectivity index (χ2v) is 30.0. The van der Waals surface area contributed by atoms with E-state index >= 15 is 0 Å². The number of hydrogen-bond donors (Lipinski definition) is 6. The molecular weight excluding hydrogens is 1430 g/mol. The van der Waals surface area contributed by atoms with E-state index in [-0.39, 0.29) is 79.0 Å². The number of methoxy groups -OCH3 is 2. The number of hydrogen-bond acceptors (Lipinski definition) is 21. The standard InChI is InChI=1S/C40H60N2O8.C14H17NO4.C10H9NO3.C9H13NO4.C5H13NO2.2ClH/c1-38(2,3)49-30-19-17-29(18-20-30)25-32(41)35(44)27-40(7,8)31(24-28-14-11-10-12-15-28)37(46)42-33(26-36(45)50-39(4,5)6)34(43)16-13-21-48-23-22-47-9;1-14(2,3)19-10-6-4-9(5-7-10)8-11-12(16)18-13(17)15-11;12-9-8(11-10(13)14-9)6-7-4-2-1-3-5-7;1-9(2,3)6(11)4-5-7(12)14-8(13)10-5;1-7-4-5-8-3-2-6;;/h10-12,14-15,17-20,31-33H,13,16,21-27,41H2,1-9H3,(H,42,46);4-7,11H,8H2,1-3H3,(H,15,17);1-5,8H,6H2,(H,11,13);5H,4H2,1-3H3,(H,10,13);2-6H2,1H3;2*1H/t;11-;8-;5-;;;/m.000.../s1. The van der Waals surface area contributed by atoms with E-state index in [1.165, 1.54) is 0 Å². The van der Waals surface area contributed by atoms with Gasteiger partial charge in [-0.25, -0.2) is 28.8 Å². The van der Waals surface area contributed by atoms with Crippen molar-refractivity contribution < 1.29 is 136 Å². The van der Waals surface area contributed by atoms with Crippen LogP contribution in [0.25, 0.3) is 0 Å². The average Bonchev–Trinajstić information content (AvgIpc) is 1.11. The highest BCUT2D eigenvalue weighted by Gasteiger charge is 2.41. The van der Waals surface area contributed by atoms with Gasteiger partial charge in [0, 0.05) is 70.7 Å². The molecule has 29 heteroatoms. The van der Waals surface area contributed by atoms with E-state index in [1.54, 1.807) is 55.8 Å². The molecule has 0 saturated carbocycles. The first kappa shape index (κ1) is 96.6. The minimum atomic E-state index is -1.09. The summed E-state index contributed by atoms with van der Waals surface area (Å²) < 4.78 is 50.4. The smallest absolute Gasteiger partial charge is 0.415 e. The average molecular weight is 1540 g/mol. The predicted octanol–water partition coefficient (Wildman–Crippen LogP) is 1.52. The number of cyclic esters (lactones) is 6. The van der Waals surface area contributed by atoms with Crippen molar-refractivity contribution in [2.75, 3.05) is 60.4 Å². The summed E-state index contributed by atoms with van der Waals surface area (Å²) in [5.74, 6) is -2.29. The van der Waals surface area contributed by atoms with Gasteiger partial charge >= 0.3 is 42.2 Å². The number of benzene rings is 4. The molecule has 0 aromatic heterocycles. The number of ketones is 3. The molecule has 3 fully saturated rings. The van der Waals surface area contributed by atoms with Gasteiger partial charge in [-0.1, -0.05) is 120 Å². The van der Waals surface area contributed by atoms with Crippen molar-refractivity contribution in [3.8, 4) is 11.5 Å². The van der Waals surface area contributed by atoms with Crippen molar-refractivity contribution in [2.45, 2.75) is 202 Å². The van der Waals surface area contributed by atoms with Crippen LogP contribution in [0.3, 0.4) is 0 Å². The minimum Gasteiger partial charge on any atom is -1.00 e. The van der Waals surface area contributed by atoms with Crippen molar-refractivity contribution in [2.24, 2.45) is 16.7 Å². The fraction of sp³-hybridized carbons (Fsp3) is 0.551. The molecule has 4 amide bonds. The van der Waals surface area contributed by atoms with Crippen LogP contribution in [0, 0.1) is 16.7 Å². The number of amides is 4. The Morgan fingerprint density at radius 2 is 0.916 bits per heavy atom. The lowest BCUT2D eigenvalue weighted by Crippen LogP contribution is -3.00. The van der Waals surface area contributed by atoms with E-state index in [9.17, 15) is 52.7 Å². The molecule has 3 aliphatic heterocycles. The second-order valence-electron chi connectivity index (χ2n) is 30.0. The number of alkyl carbamates (subject to hydrolysis) is 3. The van der Waals surface area contributed by atoms with Gasteiger partial charge in [-0.15, -0.1) is 0 Å². The van der Waals surface area contributed by atoms with Crippen molar-refractivity contribution in [1.82, 2.24) is 21.3 Å². The van der Waals surface area contributed by atoms with E-state index < -0.39 is 101 Å². The molecule has 10 N–H and O–H groups in total. The third-order valence-corrected chi connectivity index (χ3v) is 15.4. The van der Waals surface area contributed by atoms with Gasteiger partial charge in [0.05, 0.1) is 52.0 Å². The molecule has 107 heavy (non-hydrogen) atoms. The Labute approximate surface area is 641 Å². The highest BCUT2D eigenvalue weighted by molar-refractivity contribution is 5.99. The molecule has 3 aliphatic rings. The van der Waals surface area contributed by atoms with Crippen LogP contribution in [0.15, 0.2) is 109 Å². The van der Waals surface area contributed by atoms with Crippen LogP contribution >= 0.6 is 0 Å². The lowest BCUT2D eigenvalue weighted by molar-refractivity contribution is -0.403. The zero-order valence-electron chi connectivity index (χ0n) is 64.9. The summed E-state index contributed by atoms with van der Waals surface area (Å²) in [6.07, 6.45) is -0.107. The van der Waals surface area contributed by atoms with Crippen LogP contribution < -0.4 is 67.0 Å². The number of ether oxygens (including phenoxy) is 10. The van der Waals surface area contributed by atoms with Gasteiger partial charge in [0.25, 0.3) is 0 Å². The number of nitrogens with one attached hydrogen (secondary N) is 4. The second kappa shape index (κ2) is 47.4. The number of esters is 4. The molecule has 596 valence electrons. The highest BCUT2D eigenvalue weighted by atomic mass is 35.5. The number of Topliss-reactive ketones (excluding diaryl/α,β-unsaturated/α-hetero) is 3. The fourth-order valence-electron chi connectivity index (χ4n) is 10.1. The molecule has 0 aliphatic carbocycles. The molecule has 7 rings (SSSR count). The van der Waals surface area contributed by atoms with E-state index in [0.29, 0.717) is 65.1 Å². The Morgan fingerprint density at radius 1 is 0.505 bits per heavy atom. The van der Waals surface area contributed by atoms with E-state index in [1.807, 2.05) is 165 Å². The topological polar surface area (TPSA) is 383 Å². The molecule has 4 aromatic carbocycles. The van der Waals surface area contributed by atoms with Gasteiger partial charge < -0.3 is 105 Å². The van der Waals surface area contributed by atoms with Gasteiger partial charge in [-0.2, -0.15) is 0 Å². The van der Waals surface area contributed by atoms with Crippen LogP contribution in [0.1, 0.15) is 151 Å². The Morgan fingerprint density at radius 3 is 1.32 bits per heavy atom. The van der Waals surface area contributed by atoms with Crippen LogP contribution in [-0.2, 0) is 102 Å². The number of carbonyl (C=O) groups is 11. The lowest BCUT2D eigenvalue weighted by Gasteiger charge is -2.34. The van der Waals surface area contributed by atoms with Gasteiger partial charge in [0.1, 0.15) is 58.3 Å². The Kier molecular flexibility index (Phi) is 42.8. The molecule has 6 atom stereocenters. The SMILES string of the molecule is CC(C)(C)C(=O)C[C@@H]1NC(=O)OC1=O.CC(C)(C)Oc1ccc(C[C@@H]2NC(=O)OC2=O)cc1.COCCOCCCC(=O)C(CC(=O)OC(C)(C)C)NC(=O)C(Cc1ccccc1)C(C)(C)CC(=O)C([NH3+])Cc1ccc(OC(C)(C)C)cc1.COCCOCC[NH3+].O=C1N[C@@H](Cc2ccccc2)C(=O)O1.[Cl-].[Cl-]. The van der Waals surface area contributed by atoms with Gasteiger partial charge in [0.15, 0.2) is 11.6 Å². The quantitative estimate of drug-likeness (QED) is 0.0170. The van der Waals surface area contributed by atoms with Crippen LogP contribution in [0.5, 0.6) is 11.5 Å². The lowest BCUT2D eigenvalue weighted by atomic mass is 9.71. The zero-order valence-corrected chi connectivity index (χ0v) is 66.4. The normalized spacial score (nSPS) is 16.1. The summed E-state index contributed by atoms with van der Waals surface area (Å²) in [7, 11) is 3.24. The number of rotatable bonds is 33. The first-order chi connectivity index (χ1) is 49.1. The molecule has 0 spiro atoms. The third-order valence-electron chi connectivity index (χ3n) is 15.4. The maximum Gasteiger partial charge on any atom is 0.415 e. The third kappa shape index (κ3) is 40.4. The Hall–Kier alpha value is -8.41. The van der Waals surface area contributed by atoms with Crippen molar-refractivity contribution in [1.29, 1.82) is 0 Å². The Bertz CT molecular complexity index is 3420. The first-order valence-corrected chi connectivity index (χ1v) is 35.2. The van der Waals surface area contributed by atoms with Crippen molar-refractivity contribution >= 4 is 65.4 Å². The highest BCUT2D eigenvalue weighted by Crippen LogP contribution is 2.35. The van der Waals surface area contributed by atoms with Crippen LogP contribution in [0.2, 0.25) is 0 Å². The molecular formula is C78H114Cl2N6O21.